The van der Waals surface area contributed by atoms with Crippen LogP contribution in [-0.2, 0) is 33.4 Å². The van der Waals surface area contributed by atoms with Crippen LogP contribution in [0.5, 0.6) is 0 Å². The van der Waals surface area contributed by atoms with Gasteiger partial charge in [-0.1, -0.05) is 106 Å². The summed E-state index contributed by atoms with van der Waals surface area (Å²) in [5.41, 5.74) is 12.8. The van der Waals surface area contributed by atoms with Crippen LogP contribution in [0.25, 0.3) is 0 Å². The molecule has 19 nitrogen and oxygen atoms in total. The molecule has 438 valence electrons. The van der Waals surface area contributed by atoms with Crippen molar-refractivity contribution in [1.82, 2.24) is 0 Å². The summed E-state index contributed by atoms with van der Waals surface area (Å²) < 4.78 is 11.7. The Morgan fingerprint density at radius 2 is 1.19 bits per heavy atom. The van der Waals surface area contributed by atoms with E-state index >= 15 is 0 Å². The predicted octanol–water partition coefficient (Wildman–Crippen LogP) is 4.28. The van der Waals surface area contributed by atoms with Crippen molar-refractivity contribution in [3.8, 4) is 0 Å². The minimum atomic E-state index is -1.94. The molecule has 13 N–H and O–H groups in total. The molecule has 1 heterocycles. The number of aliphatic carboxylic acids is 1. The minimum absolute atomic E-state index is 0.0615. The van der Waals surface area contributed by atoms with E-state index in [0.29, 0.717) is 17.7 Å². The first-order chi connectivity index (χ1) is 37.4. The Morgan fingerprint density at radius 1 is 0.658 bits per heavy atom. The number of Topliss-reactive ketones (excluding diaryl/α,β-unsaturated/α-hetero) is 5. The van der Waals surface area contributed by atoms with E-state index < -0.39 is 123 Å². The Balaban J connectivity index is 1.83. The Morgan fingerprint density at radius 3 is 1.76 bits per heavy atom. The number of carboxylic acids is 1. The molecule has 0 amide bonds. The predicted molar refractivity (Wildman–Crippen MR) is 297 cm³/mol. The van der Waals surface area contributed by atoms with Crippen molar-refractivity contribution in [2.24, 2.45) is 35.3 Å². The number of anilines is 1. The number of ether oxygens (including phenoxy) is 2. The lowest BCUT2D eigenvalue weighted by Crippen LogP contribution is -2.61. The Hall–Kier alpha value is -5.42. The molecule has 0 aromatic heterocycles. The van der Waals surface area contributed by atoms with Crippen molar-refractivity contribution < 1.29 is 84.2 Å². The van der Waals surface area contributed by atoms with E-state index in [1.165, 1.54) is 19.1 Å². The Kier molecular flexibility index (Phi) is 30.4. The highest BCUT2D eigenvalue weighted by molar-refractivity contribution is 5.99. The quantitative estimate of drug-likeness (QED) is 0.0885. The average molecular weight is 1110 g/mol. The molecule has 0 bridgehead atoms. The van der Waals surface area contributed by atoms with Gasteiger partial charge >= 0.3 is 5.97 Å². The van der Waals surface area contributed by atoms with E-state index in [9.17, 15) is 74.7 Å². The van der Waals surface area contributed by atoms with Gasteiger partial charge in [-0.15, -0.1) is 0 Å². The molecule has 19 heteroatoms. The molecule has 1 aromatic rings. The van der Waals surface area contributed by atoms with Crippen molar-refractivity contribution in [2.45, 2.75) is 185 Å². The van der Waals surface area contributed by atoms with Crippen LogP contribution in [0.3, 0.4) is 0 Å². The van der Waals surface area contributed by atoms with Crippen molar-refractivity contribution in [1.29, 1.82) is 0 Å². The fourth-order valence-corrected chi connectivity index (χ4v) is 9.80. The van der Waals surface area contributed by atoms with Gasteiger partial charge in [-0.3, -0.25) is 28.8 Å². The van der Waals surface area contributed by atoms with Crippen LogP contribution in [0.4, 0.5) is 5.69 Å². The number of carbonyl (C=O) groups is 6. The molecule has 12 unspecified atom stereocenters. The molecule has 17 atom stereocenters. The number of carbonyl (C=O) groups excluding carboxylic acids is 5. The van der Waals surface area contributed by atoms with Gasteiger partial charge in [0.05, 0.1) is 61.3 Å². The lowest BCUT2D eigenvalue weighted by molar-refractivity contribution is -0.265. The fourth-order valence-electron chi connectivity index (χ4n) is 9.80. The number of ketones is 5. The summed E-state index contributed by atoms with van der Waals surface area (Å²) in [5, 5.41) is 95.9. The molecule has 79 heavy (non-hydrogen) atoms. The lowest BCUT2D eigenvalue weighted by atomic mass is 9.74. The number of hydrogen-bond acceptors (Lipinski definition) is 18. The van der Waals surface area contributed by atoms with Gasteiger partial charge in [0.15, 0.2) is 12.1 Å². The summed E-state index contributed by atoms with van der Waals surface area (Å²) in [4.78, 5) is 77.6. The van der Waals surface area contributed by atoms with Gasteiger partial charge in [0, 0.05) is 62.6 Å². The van der Waals surface area contributed by atoms with Gasteiger partial charge in [0.2, 0.25) is 0 Å². The third kappa shape index (κ3) is 25.3. The first-order valence-electron chi connectivity index (χ1n) is 27.2. The zero-order valence-corrected chi connectivity index (χ0v) is 45.8. The van der Waals surface area contributed by atoms with Gasteiger partial charge in [-0.25, -0.2) is 0 Å². The number of aliphatic hydroxyl groups is 8. The maximum atomic E-state index is 13.5. The molecule has 1 aliphatic carbocycles. The van der Waals surface area contributed by atoms with Gasteiger partial charge in [-0.05, 0) is 80.5 Å². The van der Waals surface area contributed by atoms with Crippen molar-refractivity contribution in [3.05, 3.63) is 115 Å². The number of allylic oxidation sites excluding steroid dienone is 13. The third-order valence-corrected chi connectivity index (χ3v) is 14.4. The lowest BCUT2D eigenvalue weighted by Gasteiger charge is -2.41. The van der Waals surface area contributed by atoms with Gasteiger partial charge in [-0.2, -0.15) is 0 Å². The molecule has 1 saturated heterocycles. The molecule has 2 aliphatic rings. The van der Waals surface area contributed by atoms with Crippen molar-refractivity contribution in [2.75, 3.05) is 5.73 Å². The maximum absolute atomic E-state index is 13.5. The largest absolute Gasteiger partial charge is 0.481 e. The standard InChI is InChI=1S/C60H86N2O17/c1-36-18-15-13-11-9-7-5-6-8-10-12-14-16-21-49(79-60-56(62)58(75)57(74)39(4)78-60)34-54(73)55(59(76)77)53(72)33-48(69)31-46(67)30-45(66)29-44(65)27-42(63)19-17-20-43(64)28-47(68)32-50(36)37(2)26-38(3)51(70)35-52(71)40-22-24-41(61)25-23-40/h5-16,18,21-25,36-39,44-46,49-51,53-58,60,65-67,70,72-75H,17,19-20,26-35,61-62H2,1-4H3,(H,76,77)/b6-5+,9-7+,10-8+,13-11+,14-12+,18-15+,21-16+/t36?,37?,38?,39-,44?,45?,46?,49?,50?,51?,53?,54?,55?,56+,57+,58+,60+/m1/s1. The molecular formula is C60H86N2O17. The second-order valence-corrected chi connectivity index (χ2v) is 21.3. The highest BCUT2D eigenvalue weighted by Gasteiger charge is 2.43. The van der Waals surface area contributed by atoms with Crippen LogP contribution in [0.2, 0.25) is 0 Å². The number of nitrogen functional groups attached to an aromatic ring is 1. The summed E-state index contributed by atoms with van der Waals surface area (Å²) in [7, 11) is 0. The normalized spacial score (nSPS) is 34.8. The van der Waals surface area contributed by atoms with Crippen LogP contribution in [0, 0.1) is 29.6 Å². The van der Waals surface area contributed by atoms with Crippen LogP contribution in [-0.4, -0.2) is 154 Å². The third-order valence-electron chi connectivity index (χ3n) is 14.4. The van der Waals surface area contributed by atoms with E-state index in [4.69, 9.17) is 20.9 Å². The Bertz CT molecular complexity index is 2310. The maximum Gasteiger partial charge on any atom is 0.311 e. The summed E-state index contributed by atoms with van der Waals surface area (Å²) in [5.74, 6) is -6.42. The van der Waals surface area contributed by atoms with E-state index in [1.54, 1.807) is 66.8 Å². The van der Waals surface area contributed by atoms with E-state index in [-0.39, 0.29) is 92.4 Å². The first kappa shape index (κ1) is 67.9. The molecule has 0 radical (unpaired) electrons. The van der Waals surface area contributed by atoms with Crippen LogP contribution < -0.4 is 11.5 Å². The van der Waals surface area contributed by atoms with Crippen molar-refractivity contribution in [3.63, 3.8) is 0 Å². The second kappa shape index (κ2) is 35.3. The zero-order chi connectivity index (χ0) is 58.8. The molecule has 1 aromatic carbocycles. The first-order valence-corrected chi connectivity index (χ1v) is 27.2. The monoisotopic (exact) mass is 1110 g/mol. The SMILES string of the molecule is CC1/C=C/C=C/C=C/C=C/C=C/C=C/C=C/C(O[C@@H]2O[C@H](C)[C@H](O)[C@@H](O)[C@@H]2N)CC(O)C(C(=O)O)C(O)CC(=O)CC(O)CC(O)CC(O)CC(=O)CCCC(=O)CC(=O)CC1C(C)CC(C)C(O)CC(=O)c1ccc(N)cc1. The number of nitrogens with two attached hydrogens (primary N) is 2. The number of aliphatic hydroxyl groups excluding tert-OH is 8. The van der Waals surface area contributed by atoms with Gasteiger partial charge in [0.25, 0.3) is 0 Å². The molecule has 3 rings (SSSR count). The molecule has 1 aliphatic heterocycles. The molecule has 0 spiro atoms. The van der Waals surface area contributed by atoms with Gasteiger partial charge in [0.1, 0.15) is 41.3 Å². The summed E-state index contributed by atoms with van der Waals surface area (Å²) in [6.07, 6.45) is 6.40. The highest BCUT2D eigenvalue weighted by atomic mass is 16.7. The fraction of sp³-hybridized carbons (Fsp3) is 0.567. The zero-order valence-electron chi connectivity index (χ0n) is 45.8. The number of hydrogen-bond donors (Lipinski definition) is 11. The summed E-state index contributed by atoms with van der Waals surface area (Å²) >= 11 is 0. The van der Waals surface area contributed by atoms with Crippen LogP contribution >= 0.6 is 0 Å². The molecule has 1 fully saturated rings. The molecular weight excluding hydrogens is 1020 g/mol. The second-order valence-electron chi connectivity index (χ2n) is 21.3. The molecule has 0 saturated carbocycles. The topological polar surface area (TPSA) is 355 Å². The van der Waals surface area contributed by atoms with E-state index in [1.807, 2.05) is 51.2 Å². The number of carboxylic acid groups (broad SMARTS) is 1. The van der Waals surface area contributed by atoms with Crippen LogP contribution in [0.1, 0.15) is 122 Å². The smallest absolute Gasteiger partial charge is 0.311 e. The van der Waals surface area contributed by atoms with Gasteiger partial charge < -0.3 is 66.9 Å². The van der Waals surface area contributed by atoms with E-state index in [0.717, 1.165) is 0 Å². The summed E-state index contributed by atoms with van der Waals surface area (Å²) in [6.45, 7) is 7.31. The van der Waals surface area contributed by atoms with Crippen LogP contribution in [0.15, 0.2) is 109 Å². The number of benzene rings is 1. The Labute approximate surface area is 463 Å². The highest BCUT2D eigenvalue weighted by Crippen LogP contribution is 2.33. The average Bonchev–Trinajstić information content (AvgIpc) is 3.36. The van der Waals surface area contributed by atoms with E-state index in [2.05, 4.69) is 0 Å². The number of rotatable bonds is 10. The van der Waals surface area contributed by atoms with Crippen molar-refractivity contribution >= 4 is 40.6 Å². The summed E-state index contributed by atoms with van der Waals surface area (Å²) in [6, 6.07) is 5.24. The minimum Gasteiger partial charge on any atom is -0.481 e.